The molecule has 0 saturated heterocycles. The SMILES string of the molecule is CCCCCCCCCCCC/C=C\CCCCCCCCC(O)C(=O)NC(CO)C(O)C(O)CCC/C=C/CC/C=C/CCCCCCCCCCCCCCCCCCCCC. The number of allylic oxidation sites excluding steroid dienone is 6. The highest BCUT2D eigenvalue weighted by Gasteiger charge is 2.28. The number of amides is 1. The molecule has 0 aromatic carbocycles. The van der Waals surface area contributed by atoms with Gasteiger partial charge in [-0.25, -0.2) is 0 Å². The number of carbonyl (C=O) groups is 1. The number of aliphatic hydroxyl groups excluding tert-OH is 4. The Bertz CT molecular complexity index is 1010. The summed E-state index contributed by atoms with van der Waals surface area (Å²) in [5, 5.41) is 43.9. The molecule has 64 heavy (non-hydrogen) atoms. The molecule has 4 unspecified atom stereocenters. The van der Waals surface area contributed by atoms with Crippen molar-refractivity contribution >= 4 is 5.91 Å². The first-order valence-corrected chi connectivity index (χ1v) is 28.4. The van der Waals surface area contributed by atoms with E-state index in [4.69, 9.17) is 0 Å². The molecule has 0 aromatic heterocycles. The number of carbonyl (C=O) groups excluding carboxylic acids is 1. The summed E-state index contributed by atoms with van der Waals surface area (Å²) in [4.78, 5) is 12.6. The van der Waals surface area contributed by atoms with E-state index in [9.17, 15) is 25.2 Å². The molecule has 0 aromatic rings. The van der Waals surface area contributed by atoms with E-state index >= 15 is 0 Å². The van der Waals surface area contributed by atoms with Crippen molar-refractivity contribution in [1.29, 1.82) is 0 Å². The van der Waals surface area contributed by atoms with Crippen LogP contribution < -0.4 is 5.32 Å². The quantitative estimate of drug-likeness (QED) is 0.0309. The van der Waals surface area contributed by atoms with E-state index in [2.05, 4.69) is 55.6 Å². The van der Waals surface area contributed by atoms with Gasteiger partial charge in [-0.15, -0.1) is 0 Å². The summed E-state index contributed by atoms with van der Waals surface area (Å²) >= 11 is 0. The van der Waals surface area contributed by atoms with Crippen LogP contribution in [0.1, 0.15) is 296 Å². The maximum Gasteiger partial charge on any atom is 0.249 e. The largest absolute Gasteiger partial charge is 0.394 e. The Morgan fingerprint density at radius 1 is 0.375 bits per heavy atom. The fourth-order valence-electron chi connectivity index (χ4n) is 8.83. The van der Waals surface area contributed by atoms with Crippen LogP contribution in [0.3, 0.4) is 0 Å². The molecule has 0 bridgehead atoms. The van der Waals surface area contributed by atoms with Crippen molar-refractivity contribution in [3.63, 3.8) is 0 Å². The van der Waals surface area contributed by atoms with E-state index < -0.39 is 36.9 Å². The predicted octanol–water partition coefficient (Wildman–Crippen LogP) is 16.4. The Balaban J connectivity index is 3.69. The summed E-state index contributed by atoms with van der Waals surface area (Å²) in [6, 6.07) is -1.01. The zero-order chi connectivity index (χ0) is 46.7. The molecule has 5 N–H and O–H groups in total. The van der Waals surface area contributed by atoms with Gasteiger partial charge in [0.2, 0.25) is 5.91 Å². The molecule has 0 aliphatic heterocycles. The molecule has 4 atom stereocenters. The lowest BCUT2D eigenvalue weighted by molar-refractivity contribution is -0.132. The third-order valence-electron chi connectivity index (χ3n) is 13.3. The molecule has 6 heteroatoms. The first-order valence-electron chi connectivity index (χ1n) is 28.4. The first kappa shape index (κ1) is 62.5. The number of unbranched alkanes of at least 4 members (excludes halogenated alkanes) is 37. The molecule has 0 heterocycles. The van der Waals surface area contributed by atoms with Gasteiger partial charge in [0.05, 0.1) is 18.8 Å². The molecule has 0 radical (unpaired) electrons. The van der Waals surface area contributed by atoms with Crippen molar-refractivity contribution in [2.45, 2.75) is 321 Å². The lowest BCUT2D eigenvalue weighted by Crippen LogP contribution is -2.53. The third-order valence-corrected chi connectivity index (χ3v) is 13.3. The minimum Gasteiger partial charge on any atom is -0.394 e. The van der Waals surface area contributed by atoms with Crippen LogP contribution in [0.2, 0.25) is 0 Å². The normalized spacial score (nSPS) is 14.0. The van der Waals surface area contributed by atoms with Crippen LogP contribution in [0.4, 0.5) is 0 Å². The molecule has 0 aliphatic rings. The number of hydrogen-bond donors (Lipinski definition) is 5. The van der Waals surface area contributed by atoms with Gasteiger partial charge in [-0.3, -0.25) is 4.79 Å². The fraction of sp³-hybridized carbons (Fsp3) is 0.879. The Kier molecular flexibility index (Phi) is 51.3. The zero-order valence-electron chi connectivity index (χ0n) is 42.8. The van der Waals surface area contributed by atoms with E-state index in [0.29, 0.717) is 19.3 Å². The second-order valence-corrected chi connectivity index (χ2v) is 19.6. The average molecular weight is 903 g/mol. The first-order chi connectivity index (χ1) is 31.5. The van der Waals surface area contributed by atoms with E-state index in [0.717, 1.165) is 51.4 Å². The van der Waals surface area contributed by atoms with E-state index in [1.54, 1.807) is 0 Å². The van der Waals surface area contributed by atoms with Gasteiger partial charge in [-0.1, -0.05) is 256 Å². The van der Waals surface area contributed by atoms with Crippen molar-refractivity contribution < 1.29 is 25.2 Å². The maximum atomic E-state index is 12.6. The van der Waals surface area contributed by atoms with E-state index in [1.165, 1.54) is 212 Å². The Hall–Kier alpha value is -1.47. The summed E-state index contributed by atoms with van der Waals surface area (Å²) in [6.45, 7) is 4.07. The van der Waals surface area contributed by atoms with Crippen LogP contribution in [0.25, 0.3) is 0 Å². The van der Waals surface area contributed by atoms with Crippen molar-refractivity contribution in [2.24, 2.45) is 0 Å². The highest BCUT2D eigenvalue weighted by Crippen LogP contribution is 2.17. The van der Waals surface area contributed by atoms with Crippen LogP contribution >= 0.6 is 0 Å². The molecule has 1 amide bonds. The molecule has 378 valence electrons. The highest BCUT2D eigenvalue weighted by atomic mass is 16.3. The van der Waals surface area contributed by atoms with Gasteiger partial charge in [0.15, 0.2) is 0 Å². The lowest BCUT2D eigenvalue weighted by Gasteiger charge is -2.27. The second-order valence-electron chi connectivity index (χ2n) is 19.6. The molecule has 0 spiro atoms. The van der Waals surface area contributed by atoms with Crippen molar-refractivity contribution in [3.8, 4) is 0 Å². The Morgan fingerprint density at radius 2 is 0.656 bits per heavy atom. The van der Waals surface area contributed by atoms with Gasteiger partial charge in [-0.2, -0.15) is 0 Å². The minimum atomic E-state index is -1.29. The van der Waals surface area contributed by atoms with E-state index in [1.807, 2.05) is 0 Å². The number of rotatable bonds is 52. The highest BCUT2D eigenvalue weighted by molar-refractivity contribution is 5.80. The van der Waals surface area contributed by atoms with Gasteiger partial charge in [0.1, 0.15) is 12.2 Å². The molecular formula is C58H111NO5. The number of hydrogen-bond acceptors (Lipinski definition) is 5. The number of aliphatic hydroxyl groups is 4. The topological polar surface area (TPSA) is 110 Å². The standard InChI is InChI=1S/C58H111NO5/c1-3-5-7-9-11-13-15-17-19-21-23-25-26-27-28-29-30-31-32-34-35-37-39-41-43-45-47-49-51-55(61)57(63)54(53-60)59-58(64)56(62)52-50-48-46-44-42-40-38-36-33-24-22-20-18-16-14-12-10-8-6-4-2/h33,35-37,43,45,54-57,60-63H,3-32,34,38-42,44,46-53H2,1-2H3,(H,59,64)/b36-33-,37-35+,45-43+. The summed E-state index contributed by atoms with van der Waals surface area (Å²) in [5.41, 5.74) is 0. The van der Waals surface area contributed by atoms with Crippen LogP contribution in [0.15, 0.2) is 36.5 Å². The van der Waals surface area contributed by atoms with Crippen LogP contribution in [-0.4, -0.2) is 57.3 Å². The van der Waals surface area contributed by atoms with Gasteiger partial charge in [-0.05, 0) is 77.0 Å². The minimum absolute atomic E-state index is 0.353. The molecule has 0 aliphatic carbocycles. The zero-order valence-corrected chi connectivity index (χ0v) is 42.8. The molecule has 6 nitrogen and oxygen atoms in total. The fourth-order valence-corrected chi connectivity index (χ4v) is 8.83. The van der Waals surface area contributed by atoms with E-state index in [-0.39, 0.29) is 0 Å². The summed E-state index contributed by atoms with van der Waals surface area (Å²) in [5.74, 6) is -0.600. The molecule has 0 fully saturated rings. The van der Waals surface area contributed by atoms with Gasteiger partial charge in [0.25, 0.3) is 0 Å². The number of nitrogens with one attached hydrogen (secondary N) is 1. The molecular weight excluding hydrogens is 791 g/mol. The van der Waals surface area contributed by atoms with Gasteiger partial charge >= 0.3 is 0 Å². The van der Waals surface area contributed by atoms with Gasteiger partial charge in [0, 0.05) is 0 Å². The van der Waals surface area contributed by atoms with Crippen LogP contribution in [-0.2, 0) is 4.79 Å². The molecule has 0 saturated carbocycles. The monoisotopic (exact) mass is 902 g/mol. The van der Waals surface area contributed by atoms with Crippen LogP contribution in [0.5, 0.6) is 0 Å². The third kappa shape index (κ3) is 45.7. The Labute approximate surface area is 398 Å². The van der Waals surface area contributed by atoms with Crippen LogP contribution in [0, 0.1) is 0 Å². The predicted molar refractivity (Wildman–Crippen MR) is 279 cm³/mol. The van der Waals surface area contributed by atoms with Crippen molar-refractivity contribution in [2.75, 3.05) is 6.61 Å². The van der Waals surface area contributed by atoms with Crippen molar-refractivity contribution in [1.82, 2.24) is 5.32 Å². The smallest absolute Gasteiger partial charge is 0.249 e. The van der Waals surface area contributed by atoms with Crippen molar-refractivity contribution in [3.05, 3.63) is 36.5 Å². The maximum absolute atomic E-state index is 12.6. The summed E-state index contributed by atoms with van der Waals surface area (Å²) in [6.07, 6.45) is 65.0. The Morgan fingerprint density at radius 3 is 0.984 bits per heavy atom. The average Bonchev–Trinajstić information content (AvgIpc) is 3.30. The van der Waals surface area contributed by atoms with Gasteiger partial charge < -0.3 is 25.7 Å². The summed E-state index contributed by atoms with van der Waals surface area (Å²) < 4.78 is 0. The second kappa shape index (κ2) is 52.5. The lowest BCUT2D eigenvalue weighted by atomic mass is 10.00. The molecule has 0 rings (SSSR count). The summed E-state index contributed by atoms with van der Waals surface area (Å²) in [7, 11) is 0.